The zero-order valence-electron chi connectivity index (χ0n) is 24.4. The summed E-state index contributed by atoms with van der Waals surface area (Å²) in [5, 5.41) is 21.9. The van der Waals surface area contributed by atoms with E-state index in [1.54, 1.807) is 23.6 Å². The second-order valence-corrected chi connectivity index (χ2v) is 12.1. The Morgan fingerprint density at radius 2 is 1.91 bits per heavy atom. The van der Waals surface area contributed by atoms with Crippen molar-refractivity contribution in [2.75, 3.05) is 12.4 Å². The topological polar surface area (TPSA) is 110 Å². The number of aryl methyl sites for hydroxylation is 1. The second kappa shape index (κ2) is 11.3. The number of ether oxygens (including phenoxy) is 1. The van der Waals surface area contributed by atoms with E-state index in [4.69, 9.17) is 9.84 Å². The molecule has 4 heterocycles. The summed E-state index contributed by atoms with van der Waals surface area (Å²) >= 11 is 1.53. The molecule has 0 bridgehead atoms. The molecule has 0 saturated carbocycles. The molecule has 0 spiro atoms. The number of nitriles is 1. The maximum Gasteiger partial charge on any atom is 0.264 e. The molecule has 11 heteroatoms. The highest BCUT2D eigenvalue weighted by Gasteiger charge is 2.26. The van der Waals surface area contributed by atoms with Crippen molar-refractivity contribution in [3.8, 4) is 34.2 Å². The molecule has 1 N–H and O–H groups in total. The normalized spacial score (nSPS) is 12.1. The lowest BCUT2D eigenvalue weighted by Gasteiger charge is -2.18. The molecule has 0 fully saturated rings. The SMILES string of the molecule is CNc1ncnc2c1c(-c1ccc(OC(C)C)c(C#N)c1)nn2[C@@H](C)c1cc2scc(C)n2c(=O)c1-c1cccc(P)c1. The van der Waals surface area contributed by atoms with Gasteiger partial charge in [0.1, 0.15) is 34.5 Å². The van der Waals surface area contributed by atoms with E-state index in [0.717, 1.165) is 37.9 Å². The number of pyridine rings is 1. The fourth-order valence-corrected chi connectivity index (χ4v) is 6.64. The van der Waals surface area contributed by atoms with Crippen molar-refractivity contribution in [2.24, 2.45) is 0 Å². The van der Waals surface area contributed by atoms with Crippen LogP contribution in [0.3, 0.4) is 0 Å². The fourth-order valence-electron chi connectivity index (χ4n) is 5.43. The zero-order chi connectivity index (χ0) is 30.4. The van der Waals surface area contributed by atoms with Crippen LogP contribution < -0.4 is 20.9 Å². The first kappa shape index (κ1) is 28.5. The van der Waals surface area contributed by atoms with Crippen LogP contribution in [0.15, 0.2) is 65.0 Å². The second-order valence-electron chi connectivity index (χ2n) is 10.6. The number of aromatic nitrogens is 5. The van der Waals surface area contributed by atoms with Crippen molar-refractivity contribution in [3.05, 3.63) is 87.4 Å². The number of benzene rings is 2. The van der Waals surface area contributed by atoms with Gasteiger partial charge < -0.3 is 10.1 Å². The van der Waals surface area contributed by atoms with Crippen molar-refractivity contribution in [3.63, 3.8) is 0 Å². The quantitative estimate of drug-likeness (QED) is 0.223. The monoisotopic (exact) mass is 607 g/mol. The van der Waals surface area contributed by atoms with Crippen molar-refractivity contribution in [2.45, 2.75) is 39.8 Å². The van der Waals surface area contributed by atoms with Crippen molar-refractivity contribution in [1.82, 2.24) is 24.1 Å². The number of anilines is 1. The molecule has 0 aliphatic rings. The van der Waals surface area contributed by atoms with Gasteiger partial charge in [-0.1, -0.05) is 18.2 Å². The van der Waals surface area contributed by atoms with Gasteiger partial charge in [-0.3, -0.25) is 9.20 Å². The average Bonchev–Trinajstić information content (AvgIpc) is 3.57. The van der Waals surface area contributed by atoms with Crippen LogP contribution in [0.25, 0.3) is 38.2 Å². The van der Waals surface area contributed by atoms with E-state index in [2.05, 4.69) is 36.7 Å². The minimum absolute atomic E-state index is 0.0714. The summed E-state index contributed by atoms with van der Waals surface area (Å²) in [7, 11) is 4.51. The number of thiazole rings is 1. The standard InChI is InChI=1S/C32H30N7O2PS/c1-17(2)41-25-10-9-21(11-22(25)14-33)29-28-30(34-5)35-16-36-31(28)39(37-29)19(4)24-13-26-38(18(3)15-43-26)32(40)27(24)20-7-6-8-23(42)12-20/h6-13,15-17,19H,42H2,1-5H3,(H,34,35,36)/t19-/m0/s1. The zero-order valence-corrected chi connectivity index (χ0v) is 26.4. The van der Waals surface area contributed by atoms with E-state index in [1.807, 2.05) is 68.1 Å². The van der Waals surface area contributed by atoms with Crippen molar-refractivity contribution < 1.29 is 4.74 Å². The number of nitrogens with zero attached hydrogens (tertiary/aromatic N) is 6. The maximum atomic E-state index is 14.1. The summed E-state index contributed by atoms with van der Waals surface area (Å²) in [6, 6.07) is 17.3. The first-order valence-corrected chi connectivity index (χ1v) is 15.3. The minimum Gasteiger partial charge on any atom is -0.490 e. The molecule has 0 aliphatic heterocycles. The lowest BCUT2D eigenvalue weighted by atomic mass is 9.97. The Labute approximate surface area is 255 Å². The molecule has 0 aliphatic carbocycles. The van der Waals surface area contributed by atoms with Crippen LogP contribution >= 0.6 is 20.6 Å². The molecule has 2 aromatic carbocycles. The third-order valence-corrected chi connectivity index (χ3v) is 8.72. The molecule has 4 aromatic heterocycles. The third kappa shape index (κ3) is 4.95. The van der Waals surface area contributed by atoms with E-state index in [9.17, 15) is 10.1 Å². The predicted octanol–water partition coefficient (Wildman–Crippen LogP) is 5.95. The van der Waals surface area contributed by atoms with Gasteiger partial charge in [-0.15, -0.1) is 20.6 Å². The number of hydrogen-bond donors (Lipinski definition) is 1. The van der Waals surface area contributed by atoms with Gasteiger partial charge in [-0.2, -0.15) is 10.4 Å². The third-order valence-electron chi connectivity index (χ3n) is 7.36. The smallest absolute Gasteiger partial charge is 0.264 e. The highest BCUT2D eigenvalue weighted by Crippen LogP contribution is 2.37. The minimum atomic E-state index is -0.377. The van der Waals surface area contributed by atoms with Crippen LogP contribution in [0.1, 0.15) is 43.6 Å². The summed E-state index contributed by atoms with van der Waals surface area (Å²) in [5.41, 5.74) is 5.48. The highest BCUT2D eigenvalue weighted by molar-refractivity contribution is 7.27. The number of rotatable bonds is 7. The average molecular weight is 608 g/mol. The van der Waals surface area contributed by atoms with Crippen LogP contribution in [0.5, 0.6) is 5.75 Å². The van der Waals surface area contributed by atoms with Crippen LogP contribution in [0.2, 0.25) is 0 Å². The van der Waals surface area contributed by atoms with Crippen LogP contribution in [0.4, 0.5) is 5.82 Å². The van der Waals surface area contributed by atoms with E-state index in [-0.39, 0.29) is 17.7 Å². The maximum absolute atomic E-state index is 14.1. The van der Waals surface area contributed by atoms with E-state index >= 15 is 0 Å². The summed E-state index contributed by atoms with van der Waals surface area (Å²) in [6.07, 6.45) is 1.43. The van der Waals surface area contributed by atoms with Crippen molar-refractivity contribution in [1.29, 1.82) is 5.26 Å². The number of nitrogens with one attached hydrogen (secondary N) is 1. The fraction of sp³-hybridized carbons (Fsp3) is 0.219. The van der Waals surface area contributed by atoms with E-state index in [0.29, 0.717) is 34.0 Å². The highest BCUT2D eigenvalue weighted by atomic mass is 32.1. The molecular formula is C32H30N7O2PS. The molecule has 6 aromatic rings. The van der Waals surface area contributed by atoms with Gasteiger partial charge in [-0.05, 0) is 74.5 Å². The summed E-state index contributed by atoms with van der Waals surface area (Å²) < 4.78 is 9.47. The lowest BCUT2D eigenvalue weighted by molar-refractivity contribution is 0.242. The Morgan fingerprint density at radius 3 is 2.63 bits per heavy atom. The predicted molar refractivity (Wildman–Crippen MR) is 176 cm³/mol. The van der Waals surface area contributed by atoms with Gasteiger partial charge in [0.25, 0.3) is 5.56 Å². The summed E-state index contributed by atoms with van der Waals surface area (Å²) in [6.45, 7) is 7.82. The Hall–Kier alpha value is -4.58. The first-order chi connectivity index (χ1) is 20.7. The van der Waals surface area contributed by atoms with Gasteiger partial charge in [0, 0.05) is 23.7 Å². The molecule has 0 amide bonds. The van der Waals surface area contributed by atoms with Crippen LogP contribution in [0, 0.1) is 18.3 Å². The molecule has 43 heavy (non-hydrogen) atoms. The molecular weight excluding hydrogens is 577 g/mol. The molecule has 1 unspecified atom stereocenters. The Morgan fingerprint density at radius 1 is 1.09 bits per heavy atom. The first-order valence-electron chi connectivity index (χ1n) is 13.8. The van der Waals surface area contributed by atoms with Gasteiger partial charge >= 0.3 is 0 Å². The van der Waals surface area contributed by atoms with Gasteiger partial charge in [0.2, 0.25) is 0 Å². The van der Waals surface area contributed by atoms with Crippen LogP contribution in [-0.2, 0) is 0 Å². The lowest BCUT2D eigenvalue weighted by Crippen LogP contribution is -2.21. The van der Waals surface area contributed by atoms with Crippen molar-refractivity contribution >= 4 is 47.6 Å². The van der Waals surface area contributed by atoms with Gasteiger partial charge in [0.15, 0.2) is 5.65 Å². The number of fused-ring (bicyclic) bond motifs is 2. The Balaban J connectivity index is 1.61. The molecule has 0 saturated heterocycles. The Bertz CT molecular complexity index is 2120. The molecule has 0 radical (unpaired) electrons. The van der Waals surface area contributed by atoms with Gasteiger partial charge in [0.05, 0.1) is 28.7 Å². The molecule has 2 atom stereocenters. The number of hydrogen-bond acceptors (Lipinski definition) is 8. The van der Waals surface area contributed by atoms with E-state index in [1.165, 1.54) is 17.7 Å². The molecule has 9 nitrogen and oxygen atoms in total. The van der Waals surface area contributed by atoms with Crippen LogP contribution in [-0.4, -0.2) is 37.3 Å². The molecule has 6 rings (SSSR count). The Kier molecular flexibility index (Phi) is 7.47. The summed E-state index contributed by atoms with van der Waals surface area (Å²) in [4.78, 5) is 24.1. The van der Waals surface area contributed by atoms with E-state index < -0.39 is 0 Å². The summed E-state index contributed by atoms with van der Waals surface area (Å²) in [5.74, 6) is 1.13. The largest absolute Gasteiger partial charge is 0.490 e. The van der Waals surface area contributed by atoms with Gasteiger partial charge in [-0.25, -0.2) is 14.6 Å². The molecule has 216 valence electrons.